The number of carbonyl (C=O) groups is 1. The number of benzene rings is 1. The van der Waals surface area contributed by atoms with Crippen molar-refractivity contribution < 1.29 is 14.3 Å². The Balaban J connectivity index is 2.88. The van der Waals surface area contributed by atoms with Gasteiger partial charge in [-0.1, -0.05) is 31.9 Å². The maximum absolute atomic E-state index is 13.2. The molecule has 5 heteroatoms. The molecule has 0 spiro atoms. The van der Waals surface area contributed by atoms with Crippen molar-refractivity contribution in [3.8, 4) is 0 Å². The monoisotopic (exact) mass is 287 g/mol. The van der Waals surface area contributed by atoms with Gasteiger partial charge in [0.2, 0.25) is 0 Å². The zero-order valence-electron chi connectivity index (χ0n) is 11.2. The van der Waals surface area contributed by atoms with Crippen LogP contribution in [0.25, 0.3) is 0 Å². The van der Waals surface area contributed by atoms with Crippen LogP contribution >= 0.6 is 11.6 Å². The van der Waals surface area contributed by atoms with Crippen LogP contribution in [0, 0.1) is 11.7 Å². The molecule has 0 saturated carbocycles. The quantitative estimate of drug-likeness (QED) is 0.829. The first-order valence-corrected chi connectivity index (χ1v) is 6.76. The average Bonchev–Trinajstić information content (AvgIpc) is 2.37. The Labute approximate surface area is 118 Å². The molecular formula is C14H19ClFNO2. The SMILES string of the molecule is CCCCN(CC(C)C(=O)O)c1ccc(F)c(Cl)c1. The fourth-order valence-electron chi connectivity index (χ4n) is 1.77. The predicted octanol–water partition coefficient (Wildman–Crippen LogP) is 3.81. The molecule has 0 aliphatic rings. The number of carboxylic acid groups (broad SMARTS) is 1. The number of halogens is 2. The fraction of sp³-hybridized carbons (Fsp3) is 0.500. The molecule has 3 nitrogen and oxygen atoms in total. The number of hydrogen-bond acceptors (Lipinski definition) is 2. The van der Waals surface area contributed by atoms with E-state index in [0.717, 1.165) is 25.1 Å². The number of aliphatic carboxylic acids is 1. The summed E-state index contributed by atoms with van der Waals surface area (Å²) in [6.45, 7) is 4.84. The molecule has 0 bridgehead atoms. The summed E-state index contributed by atoms with van der Waals surface area (Å²) in [5.41, 5.74) is 0.757. The van der Waals surface area contributed by atoms with Crippen molar-refractivity contribution in [3.05, 3.63) is 29.0 Å². The van der Waals surface area contributed by atoms with Gasteiger partial charge in [0.15, 0.2) is 0 Å². The van der Waals surface area contributed by atoms with Gasteiger partial charge in [0.25, 0.3) is 0 Å². The Morgan fingerprint density at radius 3 is 2.74 bits per heavy atom. The van der Waals surface area contributed by atoms with Crippen molar-refractivity contribution in [2.24, 2.45) is 5.92 Å². The van der Waals surface area contributed by atoms with Gasteiger partial charge in [-0.15, -0.1) is 0 Å². The highest BCUT2D eigenvalue weighted by atomic mass is 35.5. The molecule has 106 valence electrons. The van der Waals surface area contributed by atoms with Crippen LogP contribution in [0.15, 0.2) is 18.2 Å². The molecule has 19 heavy (non-hydrogen) atoms. The summed E-state index contributed by atoms with van der Waals surface area (Å²) in [5, 5.41) is 9.05. The van der Waals surface area contributed by atoms with Gasteiger partial charge in [-0.05, 0) is 24.6 Å². The summed E-state index contributed by atoms with van der Waals surface area (Å²) in [5.74, 6) is -1.79. The molecule has 0 saturated heterocycles. The van der Waals surface area contributed by atoms with Crippen LogP contribution in [0.1, 0.15) is 26.7 Å². The molecule has 0 heterocycles. The lowest BCUT2D eigenvalue weighted by molar-refractivity contribution is -0.140. The minimum Gasteiger partial charge on any atom is -0.481 e. The second-order valence-corrected chi connectivity index (χ2v) is 5.04. The average molecular weight is 288 g/mol. The van der Waals surface area contributed by atoms with Crippen molar-refractivity contribution >= 4 is 23.3 Å². The number of anilines is 1. The Hall–Kier alpha value is -1.29. The second kappa shape index (κ2) is 7.34. The van der Waals surface area contributed by atoms with Gasteiger partial charge in [-0.3, -0.25) is 4.79 Å². The third-order valence-corrected chi connectivity index (χ3v) is 3.26. The molecule has 0 radical (unpaired) electrons. The lowest BCUT2D eigenvalue weighted by Gasteiger charge is -2.26. The summed E-state index contributed by atoms with van der Waals surface area (Å²) in [6.07, 6.45) is 1.95. The summed E-state index contributed by atoms with van der Waals surface area (Å²) in [6, 6.07) is 4.48. The number of carboxylic acids is 1. The minimum absolute atomic E-state index is 0.0574. The van der Waals surface area contributed by atoms with E-state index >= 15 is 0 Å². The molecule has 0 fully saturated rings. The third kappa shape index (κ3) is 4.71. The first-order valence-electron chi connectivity index (χ1n) is 6.38. The molecule has 1 atom stereocenters. The van der Waals surface area contributed by atoms with Crippen LogP contribution in [-0.4, -0.2) is 24.2 Å². The molecule has 0 aromatic heterocycles. The minimum atomic E-state index is -0.838. The first-order chi connectivity index (χ1) is 8.95. The summed E-state index contributed by atoms with van der Waals surface area (Å²) in [4.78, 5) is 12.9. The highest BCUT2D eigenvalue weighted by molar-refractivity contribution is 6.31. The van der Waals surface area contributed by atoms with Crippen molar-refractivity contribution in [2.75, 3.05) is 18.0 Å². The van der Waals surface area contributed by atoms with Gasteiger partial charge in [-0.25, -0.2) is 4.39 Å². The molecule has 1 unspecified atom stereocenters. The van der Waals surface area contributed by atoms with E-state index < -0.39 is 17.7 Å². The van der Waals surface area contributed by atoms with E-state index in [1.165, 1.54) is 6.07 Å². The van der Waals surface area contributed by atoms with Crippen molar-refractivity contribution in [2.45, 2.75) is 26.7 Å². The largest absolute Gasteiger partial charge is 0.481 e. The molecule has 1 aromatic carbocycles. The Kier molecular flexibility index (Phi) is 6.09. The maximum atomic E-state index is 13.2. The van der Waals surface area contributed by atoms with E-state index in [0.29, 0.717) is 6.54 Å². The fourth-order valence-corrected chi connectivity index (χ4v) is 1.94. The van der Waals surface area contributed by atoms with Crippen LogP contribution in [0.5, 0.6) is 0 Å². The number of nitrogens with zero attached hydrogens (tertiary/aromatic N) is 1. The maximum Gasteiger partial charge on any atom is 0.308 e. The van der Waals surface area contributed by atoms with Gasteiger partial charge in [0.1, 0.15) is 5.82 Å². The van der Waals surface area contributed by atoms with Gasteiger partial charge in [-0.2, -0.15) is 0 Å². The molecule has 0 aliphatic carbocycles. The Morgan fingerprint density at radius 1 is 1.53 bits per heavy atom. The van der Waals surface area contributed by atoms with Crippen molar-refractivity contribution in [1.82, 2.24) is 0 Å². The van der Waals surface area contributed by atoms with Gasteiger partial charge in [0, 0.05) is 18.8 Å². The van der Waals surface area contributed by atoms with Gasteiger partial charge in [0.05, 0.1) is 10.9 Å². The highest BCUT2D eigenvalue weighted by Gasteiger charge is 2.17. The summed E-state index contributed by atoms with van der Waals surface area (Å²) in [7, 11) is 0. The smallest absolute Gasteiger partial charge is 0.308 e. The highest BCUT2D eigenvalue weighted by Crippen LogP contribution is 2.23. The molecule has 0 amide bonds. The van der Waals surface area contributed by atoms with Crippen LogP contribution in [0.3, 0.4) is 0 Å². The molecule has 1 rings (SSSR count). The predicted molar refractivity (Wildman–Crippen MR) is 75.3 cm³/mol. The molecule has 1 N–H and O–H groups in total. The van der Waals surface area contributed by atoms with Crippen LogP contribution in [-0.2, 0) is 4.79 Å². The van der Waals surface area contributed by atoms with E-state index in [4.69, 9.17) is 16.7 Å². The molecule has 1 aromatic rings. The van der Waals surface area contributed by atoms with E-state index in [9.17, 15) is 9.18 Å². The van der Waals surface area contributed by atoms with Crippen LogP contribution in [0.4, 0.5) is 10.1 Å². The standard InChI is InChI=1S/C14H19ClFNO2/c1-3-4-7-17(9-10(2)14(18)19)11-5-6-13(16)12(15)8-11/h5-6,8,10H,3-4,7,9H2,1-2H3,(H,18,19). The first kappa shape index (κ1) is 15.8. The van der Waals surface area contributed by atoms with Crippen molar-refractivity contribution in [3.63, 3.8) is 0 Å². The van der Waals surface area contributed by atoms with E-state index in [-0.39, 0.29) is 5.02 Å². The van der Waals surface area contributed by atoms with E-state index in [2.05, 4.69) is 6.92 Å². The van der Waals surface area contributed by atoms with E-state index in [1.807, 2.05) is 4.90 Å². The Morgan fingerprint density at radius 2 is 2.21 bits per heavy atom. The van der Waals surface area contributed by atoms with Crippen LogP contribution in [0.2, 0.25) is 5.02 Å². The molecular weight excluding hydrogens is 269 g/mol. The number of rotatable bonds is 7. The normalized spacial score (nSPS) is 12.2. The molecule has 0 aliphatic heterocycles. The topological polar surface area (TPSA) is 40.5 Å². The number of hydrogen-bond donors (Lipinski definition) is 1. The van der Waals surface area contributed by atoms with Crippen molar-refractivity contribution in [1.29, 1.82) is 0 Å². The van der Waals surface area contributed by atoms with E-state index in [1.54, 1.807) is 19.1 Å². The zero-order chi connectivity index (χ0) is 14.4. The lowest BCUT2D eigenvalue weighted by Crippen LogP contribution is -2.32. The third-order valence-electron chi connectivity index (χ3n) is 2.97. The Bertz CT molecular complexity index is 439. The summed E-state index contributed by atoms with van der Waals surface area (Å²) >= 11 is 5.77. The van der Waals surface area contributed by atoms with Gasteiger partial charge < -0.3 is 10.0 Å². The van der Waals surface area contributed by atoms with Crippen LogP contribution < -0.4 is 4.90 Å². The number of unbranched alkanes of at least 4 members (excludes halogenated alkanes) is 1. The summed E-state index contributed by atoms with van der Waals surface area (Å²) < 4.78 is 13.2. The second-order valence-electron chi connectivity index (χ2n) is 4.64. The van der Waals surface area contributed by atoms with Gasteiger partial charge >= 0.3 is 5.97 Å². The zero-order valence-corrected chi connectivity index (χ0v) is 12.0. The lowest BCUT2D eigenvalue weighted by atomic mass is 10.1.